The molecular weight excluding hydrogens is 1040 g/mol. The summed E-state index contributed by atoms with van der Waals surface area (Å²) in [4.78, 5) is 33.9. The Morgan fingerprint density at radius 2 is 1.00 bits per heavy atom. The standard InChI is InChI=1S/C16H29NO7.C11H22O4.C10H20O5.C10H20O4.C5H13O2P.Na/c1-6-9(19)12(21)13-11(17-8(2)18)10(20)7-16(24-13,14(22)23)15(3,4)5;1-5-6-7(12)8(13)9(14)10(15-6)11(2,3)4;1-10(2,3)9-8(14)7(13)6(12)5(4-11)15-9;1-5-6(11)7(12)8(13)9(14-5)10(2,3)4;1-5(2,3)8(4,6)7;/h9-13,19-21H,6-7H2,1-5H3,(H,17,18)(H,22,23);6-10,12-14H,5H2,1-4H3;5-9,11-14H,4H2,1-3H3;5-9,11-13H,1-4H3;1-4H3,(H,6,7);/q;;;;;+1/p-2. The summed E-state index contributed by atoms with van der Waals surface area (Å²) >= 11 is 0. The normalized spacial score (nSPS) is 37.5. The van der Waals surface area contributed by atoms with Gasteiger partial charge in [0.25, 0.3) is 0 Å². The molecule has 0 aromatic carbocycles. The smallest absolute Gasteiger partial charge is 0.799 e. The SMILES string of the molecule is CC(C)(C)C1OC(CO)C(O)C(O)C1O.CC(C)(C)P(C)(=O)[O-].CC1OC(C(C)(C)C)C(O)C(O)C1O.CCC(O)C(O)C1OC(C(=O)[O-])(C(C)(C)C)CC(O)C1NC(C)=O.CCC1OC(C(C)(C)C)C(O)C(O)C1O.[Na+]. The van der Waals surface area contributed by atoms with E-state index in [1.165, 1.54) is 13.6 Å². The van der Waals surface area contributed by atoms with Crippen LogP contribution in [0.3, 0.4) is 0 Å². The van der Waals surface area contributed by atoms with Gasteiger partial charge in [-0.25, -0.2) is 0 Å². The molecule has 4 rings (SSSR count). The predicted octanol–water partition coefficient (Wildman–Crippen LogP) is -4.57. The maximum absolute atomic E-state index is 11.8. The molecule has 454 valence electrons. The van der Waals surface area contributed by atoms with E-state index in [0.29, 0.717) is 6.42 Å². The summed E-state index contributed by atoms with van der Waals surface area (Å²) in [6.07, 6.45) is -17.9. The predicted molar refractivity (Wildman–Crippen MR) is 277 cm³/mol. The fourth-order valence-corrected chi connectivity index (χ4v) is 8.66. The zero-order valence-electron chi connectivity index (χ0n) is 49.8. The molecule has 0 radical (unpaired) electrons. The number of amides is 1. The Morgan fingerprint density at radius 1 is 0.649 bits per heavy atom. The molecule has 0 aromatic heterocycles. The number of rotatable bonds is 7. The third-order valence-corrected chi connectivity index (χ3v) is 16.7. The van der Waals surface area contributed by atoms with Gasteiger partial charge in [-0.2, -0.15) is 0 Å². The number of hydrogen-bond acceptors (Lipinski definition) is 22. The molecule has 4 fully saturated rings. The van der Waals surface area contributed by atoms with Crippen molar-refractivity contribution in [3.63, 3.8) is 0 Å². The van der Waals surface area contributed by atoms with E-state index in [9.17, 15) is 85.4 Å². The Bertz CT molecular complexity index is 1750. The minimum atomic E-state index is -3.10. The molecule has 0 bridgehead atoms. The molecule has 4 aliphatic heterocycles. The Kier molecular flexibility index (Phi) is 31.4. The Balaban J connectivity index is 0. The fourth-order valence-electron chi connectivity index (χ4n) is 8.66. The monoisotopic (exact) mass is 1150 g/mol. The number of carboxylic acids is 1. The van der Waals surface area contributed by atoms with Gasteiger partial charge in [0, 0.05) is 25.9 Å². The molecule has 4 heterocycles. The van der Waals surface area contributed by atoms with Crippen LogP contribution in [0.25, 0.3) is 0 Å². The van der Waals surface area contributed by atoms with E-state index in [-0.39, 0.29) is 65.3 Å². The maximum atomic E-state index is 11.8. The molecule has 14 N–H and O–H groups in total. The molecule has 4 aliphatic rings. The van der Waals surface area contributed by atoms with Crippen LogP contribution in [-0.4, -0.2) is 224 Å². The number of ether oxygens (including phenoxy) is 4. The number of carbonyl (C=O) groups is 2. The van der Waals surface area contributed by atoms with Gasteiger partial charge in [-0.3, -0.25) is 4.79 Å². The third kappa shape index (κ3) is 21.5. The second-order valence-electron chi connectivity index (χ2n) is 26.0. The van der Waals surface area contributed by atoms with Crippen molar-refractivity contribution in [3.8, 4) is 0 Å². The molecule has 22 unspecified atom stereocenters. The van der Waals surface area contributed by atoms with Crippen molar-refractivity contribution in [2.45, 2.75) is 284 Å². The molecule has 4 saturated heterocycles. The summed E-state index contributed by atoms with van der Waals surface area (Å²) in [6.45, 7) is 34.5. The number of carbonyl (C=O) groups excluding carboxylic acids is 2. The molecule has 0 saturated carbocycles. The van der Waals surface area contributed by atoms with Crippen LogP contribution >= 0.6 is 7.37 Å². The van der Waals surface area contributed by atoms with E-state index in [0.717, 1.165) is 0 Å². The first-order valence-corrected chi connectivity index (χ1v) is 28.2. The first-order chi connectivity index (χ1) is 33.9. The van der Waals surface area contributed by atoms with Gasteiger partial charge in [-0.05, 0) is 48.1 Å². The maximum Gasteiger partial charge on any atom is 1.00 e. The number of nitrogens with one attached hydrogen (secondary N) is 1. The summed E-state index contributed by atoms with van der Waals surface area (Å²) in [6, 6.07) is -1.05. The van der Waals surface area contributed by atoms with Crippen LogP contribution in [0, 0.1) is 21.7 Å². The number of carboxylic acid groups (broad SMARTS) is 1. The average molecular weight is 1150 g/mol. The van der Waals surface area contributed by atoms with Gasteiger partial charge < -0.3 is 110 Å². The third-order valence-electron chi connectivity index (χ3n) is 14.3. The molecule has 25 heteroatoms. The first kappa shape index (κ1) is 78.5. The summed E-state index contributed by atoms with van der Waals surface area (Å²) in [5.74, 6) is -1.99. The fraction of sp³-hybridized carbons (Fsp3) is 0.962. The molecule has 22 atom stereocenters. The number of aliphatic hydroxyl groups is 13. The van der Waals surface area contributed by atoms with Crippen molar-refractivity contribution >= 4 is 19.2 Å². The minimum absolute atomic E-state index is 0. The molecule has 0 aliphatic carbocycles. The van der Waals surface area contributed by atoms with Crippen molar-refractivity contribution < 1.29 is 139 Å². The van der Waals surface area contributed by atoms with E-state index in [1.807, 2.05) is 69.2 Å². The molecule has 77 heavy (non-hydrogen) atoms. The molecule has 1 amide bonds. The van der Waals surface area contributed by atoms with E-state index in [4.69, 9.17) is 24.1 Å². The van der Waals surface area contributed by atoms with Crippen LogP contribution in [0.15, 0.2) is 0 Å². The van der Waals surface area contributed by atoms with Gasteiger partial charge in [0.15, 0.2) is 0 Å². The molecular formula is C52H102NNaO22P-. The second-order valence-corrected chi connectivity index (χ2v) is 29.0. The van der Waals surface area contributed by atoms with E-state index >= 15 is 0 Å². The van der Waals surface area contributed by atoms with Crippen LogP contribution in [0.4, 0.5) is 0 Å². The van der Waals surface area contributed by atoms with Gasteiger partial charge in [0.05, 0.1) is 61.3 Å². The summed E-state index contributed by atoms with van der Waals surface area (Å²) < 4.78 is 32.9. The van der Waals surface area contributed by atoms with Crippen LogP contribution < -0.4 is 44.9 Å². The van der Waals surface area contributed by atoms with Crippen LogP contribution in [-0.2, 0) is 33.1 Å². The van der Waals surface area contributed by atoms with Crippen molar-refractivity contribution in [3.05, 3.63) is 0 Å². The van der Waals surface area contributed by atoms with Gasteiger partial charge in [-0.15, -0.1) is 0 Å². The van der Waals surface area contributed by atoms with E-state index < -0.39 is 157 Å². The van der Waals surface area contributed by atoms with Gasteiger partial charge in [0.2, 0.25) is 5.91 Å². The van der Waals surface area contributed by atoms with Crippen molar-refractivity contribution in [2.75, 3.05) is 13.3 Å². The van der Waals surface area contributed by atoms with Crippen LogP contribution in [0.2, 0.25) is 0 Å². The van der Waals surface area contributed by atoms with Crippen molar-refractivity contribution in [1.82, 2.24) is 5.32 Å². The molecule has 0 spiro atoms. The Hall–Kier alpha value is -0.550. The zero-order valence-corrected chi connectivity index (χ0v) is 52.7. The topological polar surface area (TPSA) is 409 Å². The number of aliphatic carboxylic acids is 1. The van der Waals surface area contributed by atoms with E-state index in [1.54, 1.807) is 55.4 Å². The quantitative estimate of drug-likeness (QED) is 0.0843. The van der Waals surface area contributed by atoms with Gasteiger partial charge in [-0.1, -0.05) is 118 Å². The zero-order chi connectivity index (χ0) is 60.6. The van der Waals surface area contributed by atoms with Crippen LogP contribution in [0.5, 0.6) is 0 Å². The Morgan fingerprint density at radius 3 is 1.30 bits per heavy atom. The second kappa shape index (κ2) is 30.8. The van der Waals surface area contributed by atoms with Crippen molar-refractivity contribution in [1.29, 1.82) is 0 Å². The molecule has 23 nitrogen and oxygen atoms in total. The average Bonchev–Trinajstić information content (AvgIpc) is 3.26. The first-order valence-electron chi connectivity index (χ1n) is 26.1. The minimum Gasteiger partial charge on any atom is -0.799 e. The Labute approximate surface area is 479 Å². The van der Waals surface area contributed by atoms with E-state index in [2.05, 4.69) is 5.32 Å². The van der Waals surface area contributed by atoms with Crippen molar-refractivity contribution in [2.24, 2.45) is 21.7 Å². The molecule has 0 aromatic rings. The van der Waals surface area contributed by atoms with Gasteiger partial charge >= 0.3 is 29.6 Å². The largest absolute Gasteiger partial charge is 1.00 e. The number of hydrogen-bond donors (Lipinski definition) is 14. The van der Waals surface area contributed by atoms with Gasteiger partial charge in [0.1, 0.15) is 78.8 Å². The summed E-state index contributed by atoms with van der Waals surface area (Å²) in [5.41, 5.74) is -3.71. The summed E-state index contributed by atoms with van der Waals surface area (Å²) in [7, 11) is -3.10. The number of aliphatic hydroxyl groups excluding tert-OH is 13. The van der Waals surface area contributed by atoms with Crippen LogP contribution in [0.1, 0.15) is 151 Å². The summed E-state index contributed by atoms with van der Waals surface area (Å²) in [5, 5.41) is 140.